The minimum Gasteiger partial charge on any atom is -0.340 e. The number of rotatable bonds is 21. The molecule has 342 valence electrons. The van der Waals surface area contributed by atoms with E-state index in [0.29, 0.717) is 5.92 Å². The van der Waals surface area contributed by atoms with Crippen molar-refractivity contribution in [2.45, 2.75) is 216 Å². The first-order chi connectivity index (χ1) is 28.5. The van der Waals surface area contributed by atoms with Crippen molar-refractivity contribution in [2.75, 3.05) is 52.4 Å². The van der Waals surface area contributed by atoms with Crippen LogP contribution in [0.5, 0.6) is 11.5 Å². The van der Waals surface area contributed by atoms with E-state index in [4.69, 9.17) is 9.47 Å². The summed E-state index contributed by atoms with van der Waals surface area (Å²) in [5, 5.41) is 0. The van der Waals surface area contributed by atoms with E-state index >= 15 is 0 Å². The molecule has 61 heavy (non-hydrogen) atoms. The Morgan fingerprint density at radius 1 is 0.541 bits per heavy atom. The molecular formula is C55H94N4O2+4. The highest BCUT2D eigenvalue weighted by molar-refractivity contribution is 5.85. The van der Waals surface area contributed by atoms with Crippen molar-refractivity contribution >= 4 is 12.4 Å². The Bertz CT molecular complexity index is 1820. The lowest BCUT2D eigenvalue weighted by molar-refractivity contribution is -0.928. The molecule has 6 heteroatoms. The van der Waals surface area contributed by atoms with Crippen LogP contribution in [0.4, 0.5) is 0 Å². The first kappa shape index (κ1) is 49.3. The fourth-order valence-electron chi connectivity index (χ4n) is 11.8. The molecule has 0 amide bonds. The van der Waals surface area contributed by atoms with Gasteiger partial charge in [-0.05, 0) is 117 Å². The molecule has 0 N–H and O–H groups in total. The fraction of sp³-hybridized carbons (Fsp3) is 0.745. The van der Waals surface area contributed by atoms with E-state index in [1.54, 1.807) is 0 Å². The summed E-state index contributed by atoms with van der Waals surface area (Å²) in [6, 6.07) is 8.61. The number of hydrogen-bond acceptors (Lipinski definition) is 2. The summed E-state index contributed by atoms with van der Waals surface area (Å²) in [7, 11) is 0. The molecule has 1 atom stereocenters. The molecule has 0 bridgehead atoms. The predicted octanol–water partition coefficient (Wildman–Crippen LogP) is 12.9. The van der Waals surface area contributed by atoms with E-state index in [1.807, 2.05) is 0 Å². The van der Waals surface area contributed by atoms with Crippen LogP contribution in [-0.4, -0.2) is 100 Å². The van der Waals surface area contributed by atoms with Crippen molar-refractivity contribution in [2.24, 2.45) is 0 Å². The lowest BCUT2D eigenvalue weighted by Gasteiger charge is -2.39. The maximum absolute atomic E-state index is 7.49. The van der Waals surface area contributed by atoms with Gasteiger partial charge in [0.05, 0.1) is 63.5 Å². The molecule has 0 saturated carbocycles. The summed E-state index contributed by atoms with van der Waals surface area (Å²) < 4.78 is 22.4. The Morgan fingerprint density at radius 3 is 1.34 bits per heavy atom. The molecule has 2 aromatic rings. The Balaban J connectivity index is 1.59. The molecule has 5 rings (SSSR count). The topological polar surface area (TPSA) is 24.5 Å². The first-order valence-corrected chi connectivity index (χ1v) is 25.2. The standard InChI is InChI=1S/C55H94N4O2/c1-18-28-58(29-19-2,30-20-3)34-24-26-43(27-25-35-59(31-21-4,32-22-5)33-23-6)44-36-42(7)49-45(37-44)40-56-53(14,15)54(16,17)57-41-46-38-47(51(8,9)10)39-48(52(11,12)13)50(46)61-55(56,57)60-49/h36-41,43H,18-35H2,1-17H3/q+4. The molecule has 3 aliphatic heterocycles. The smallest absolute Gasteiger partial charge is 0.340 e. The van der Waals surface area contributed by atoms with Gasteiger partial charge in [-0.2, -0.15) is 0 Å². The number of quaternary nitrogens is 2. The second-order valence-corrected chi connectivity index (χ2v) is 23.0. The normalized spacial score (nSPS) is 19.4. The first-order valence-electron chi connectivity index (χ1n) is 25.2. The zero-order chi connectivity index (χ0) is 45.2. The molecule has 2 aromatic carbocycles. The van der Waals surface area contributed by atoms with E-state index < -0.39 is 6.03 Å². The Morgan fingerprint density at radius 2 is 0.951 bits per heavy atom. The Hall–Kier alpha value is -2.70. The molecule has 6 nitrogen and oxygen atoms in total. The SMILES string of the molecule is CCC[N+](CCC)(CCC)CCCC(CCC[N+](CCC)(CCC)CCC)c1cc(C)c2c(c1)C=[N+]1C3(O2)Oc2c(cc(C(C)(C)C)cc2C(C)(C)C)C=[N+]3C(C)(C)C1(C)C. The van der Waals surface area contributed by atoms with Crippen LogP contribution in [0.3, 0.4) is 0 Å². The molecule has 1 fully saturated rings. The average molecular weight is 843 g/mol. The number of ether oxygens (including phenoxy) is 2. The minimum atomic E-state index is -1.14. The van der Waals surface area contributed by atoms with E-state index in [9.17, 15) is 0 Å². The van der Waals surface area contributed by atoms with Crippen LogP contribution >= 0.6 is 0 Å². The zero-order valence-electron chi connectivity index (χ0n) is 42.9. The molecule has 0 radical (unpaired) electrons. The van der Waals surface area contributed by atoms with Gasteiger partial charge in [0.1, 0.15) is 0 Å². The van der Waals surface area contributed by atoms with Gasteiger partial charge in [-0.1, -0.05) is 104 Å². The molecule has 3 aliphatic rings. The van der Waals surface area contributed by atoms with E-state index in [2.05, 4.69) is 164 Å². The molecule has 3 heterocycles. The number of aryl methyl sites for hydroxylation is 1. The quantitative estimate of drug-likeness (QED) is 0.0924. The summed E-state index contributed by atoms with van der Waals surface area (Å²) in [6.07, 6.45) is 17.4. The van der Waals surface area contributed by atoms with Crippen molar-refractivity contribution in [3.05, 3.63) is 57.6 Å². The van der Waals surface area contributed by atoms with Crippen LogP contribution in [0.25, 0.3) is 0 Å². The van der Waals surface area contributed by atoms with Crippen LogP contribution in [0.2, 0.25) is 0 Å². The van der Waals surface area contributed by atoms with Crippen molar-refractivity contribution in [3.63, 3.8) is 0 Å². The van der Waals surface area contributed by atoms with Crippen molar-refractivity contribution in [1.29, 1.82) is 0 Å². The molecule has 0 aliphatic carbocycles. The van der Waals surface area contributed by atoms with Gasteiger partial charge in [0.25, 0.3) is 0 Å². The van der Waals surface area contributed by atoms with Gasteiger partial charge in [0.2, 0.25) is 11.1 Å². The van der Waals surface area contributed by atoms with Crippen LogP contribution in [0.15, 0.2) is 24.3 Å². The van der Waals surface area contributed by atoms with Gasteiger partial charge >= 0.3 is 6.03 Å². The molecule has 1 spiro atoms. The van der Waals surface area contributed by atoms with Gasteiger partial charge in [-0.25, -0.2) is 0 Å². The number of fused-ring (bicyclic) bond motifs is 2. The maximum Gasteiger partial charge on any atom is 0.705 e. The number of hydrogen-bond donors (Lipinski definition) is 0. The van der Waals surface area contributed by atoms with Gasteiger partial charge in [0, 0.05) is 33.3 Å². The second kappa shape index (κ2) is 18.8. The van der Waals surface area contributed by atoms with Gasteiger partial charge in [-0.3, -0.25) is 0 Å². The Kier molecular flexibility index (Phi) is 15.2. The van der Waals surface area contributed by atoms with E-state index in [0.717, 1.165) is 17.1 Å². The molecule has 1 saturated heterocycles. The van der Waals surface area contributed by atoms with Crippen molar-refractivity contribution in [1.82, 2.24) is 0 Å². The summed E-state index contributed by atoms with van der Waals surface area (Å²) in [6.45, 7) is 50.3. The molecular weight excluding hydrogens is 749 g/mol. The Labute approximate surface area is 376 Å². The number of nitrogens with zero attached hydrogens (tertiary/aromatic N) is 4. The third-order valence-electron chi connectivity index (χ3n) is 15.5. The zero-order valence-corrected chi connectivity index (χ0v) is 42.9. The monoisotopic (exact) mass is 843 g/mol. The van der Waals surface area contributed by atoms with E-state index in [-0.39, 0.29) is 21.9 Å². The van der Waals surface area contributed by atoms with Crippen LogP contribution in [-0.2, 0) is 10.8 Å². The van der Waals surface area contributed by atoms with Crippen LogP contribution < -0.4 is 9.47 Å². The summed E-state index contributed by atoms with van der Waals surface area (Å²) in [4.78, 5) is 0. The summed E-state index contributed by atoms with van der Waals surface area (Å²) >= 11 is 0. The predicted molar refractivity (Wildman–Crippen MR) is 260 cm³/mol. The molecule has 1 unspecified atom stereocenters. The molecule has 0 aromatic heterocycles. The van der Waals surface area contributed by atoms with Crippen LogP contribution in [0.1, 0.15) is 214 Å². The average Bonchev–Trinajstić information content (AvgIpc) is 3.29. The summed E-state index contributed by atoms with van der Waals surface area (Å²) in [5.41, 5.74) is 6.83. The number of benzene rings is 2. The van der Waals surface area contributed by atoms with Gasteiger partial charge < -0.3 is 18.4 Å². The fourth-order valence-corrected chi connectivity index (χ4v) is 11.8. The lowest BCUT2D eigenvalue weighted by Crippen LogP contribution is -2.61. The van der Waals surface area contributed by atoms with Gasteiger partial charge in [0.15, 0.2) is 23.9 Å². The highest BCUT2D eigenvalue weighted by Crippen LogP contribution is 2.52. The highest BCUT2D eigenvalue weighted by Gasteiger charge is 2.83. The second-order valence-electron chi connectivity index (χ2n) is 23.0. The third kappa shape index (κ3) is 9.72. The van der Waals surface area contributed by atoms with Crippen molar-refractivity contribution < 1.29 is 27.6 Å². The largest absolute Gasteiger partial charge is 0.705 e. The highest BCUT2D eigenvalue weighted by atomic mass is 16.7. The van der Waals surface area contributed by atoms with E-state index in [1.165, 1.54) is 153 Å². The maximum atomic E-state index is 7.49. The minimum absolute atomic E-state index is 0.0100. The lowest BCUT2D eigenvalue weighted by atomic mass is 9.78. The summed E-state index contributed by atoms with van der Waals surface area (Å²) in [5.74, 6) is 2.41. The third-order valence-corrected chi connectivity index (χ3v) is 15.5. The van der Waals surface area contributed by atoms with Crippen LogP contribution in [0, 0.1) is 6.92 Å². The van der Waals surface area contributed by atoms with Crippen molar-refractivity contribution in [3.8, 4) is 11.5 Å². The van der Waals surface area contributed by atoms with Gasteiger partial charge in [-0.15, -0.1) is 0 Å².